The van der Waals surface area contributed by atoms with Crippen molar-refractivity contribution >= 4 is 11.8 Å². The number of aromatic nitrogens is 2. The predicted octanol–water partition coefficient (Wildman–Crippen LogP) is 0.247. The van der Waals surface area contributed by atoms with E-state index in [-0.39, 0.29) is 6.10 Å². The van der Waals surface area contributed by atoms with Crippen molar-refractivity contribution in [2.24, 2.45) is 0 Å². The molecule has 1 aromatic rings. The summed E-state index contributed by atoms with van der Waals surface area (Å²) in [7, 11) is 0. The molecule has 7 heteroatoms. The maximum absolute atomic E-state index is 11.8. The lowest BCUT2D eigenvalue weighted by atomic mass is 10.2. The smallest absolute Gasteiger partial charge is 0.330 e. The van der Waals surface area contributed by atoms with E-state index in [0.29, 0.717) is 12.0 Å². The molecule has 1 aromatic heterocycles. The molecule has 1 fully saturated rings. The number of thioether (sulfide) groups is 1. The van der Waals surface area contributed by atoms with Crippen molar-refractivity contribution in [3.05, 3.63) is 32.6 Å². The van der Waals surface area contributed by atoms with Gasteiger partial charge in [-0.2, -0.15) is 11.8 Å². The third-order valence-corrected chi connectivity index (χ3v) is 4.11. The van der Waals surface area contributed by atoms with E-state index in [9.17, 15) is 14.7 Å². The van der Waals surface area contributed by atoms with Gasteiger partial charge in [-0.15, -0.1) is 0 Å². The molecule has 0 aromatic carbocycles. The quantitative estimate of drug-likeness (QED) is 0.828. The van der Waals surface area contributed by atoms with Crippen molar-refractivity contribution in [1.82, 2.24) is 9.55 Å². The van der Waals surface area contributed by atoms with Crippen LogP contribution in [0.3, 0.4) is 0 Å². The number of aliphatic hydroxyl groups is 1. The molecule has 106 valence electrons. The number of rotatable bonds is 4. The lowest BCUT2D eigenvalue weighted by Gasteiger charge is -2.17. The van der Waals surface area contributed by atoms with Gasteiger partial charge in [0.05, 0.1) is 6.10 Å². The van der Waals surface area contributed by atoms with Crippen LogP contribution in [0.25, 0.3) is 0 Å². The van der Waals surface area contributed by atoms with Crippen LogP contribution in [0.1, 0.15) is 25.1 Å². The summed E-state index contributed by atoms with van der Waals surface area (Å²) >= 11 is 1.73. The molecule has 0 aliphatic carbocycles. The van der Waals surface area contributed by atoms with Crippen LogP contribution < -0.4 is 11.2 Å². The van der Waals surface area contributed by atoms with Gasteiger partial charge in [0.25, 0.3) is 5.56 Å². The molecule has 19 heavy (non-hydrogen) atoms. The molecular weight excluding hydrogens is 268 g/mol. The molecule has 1 aliphatic heterocycles. The zero-order chi connectivity index (χ0) is 14.0. The Morgan fingerprint density at radius 1 is 1.58 bits per heavy atom. The van der Waals surface area contributed by atoms with Crippen LogP contribution in [0.5, 0.6) is 0 Å². The van der Waals surface area contributed by atoms with Gasteiger partial charge in [0, 0.05) is 23.9 Å². The van der Waals surface area contributed by atoms with E-state index in [0.717, 1.165) is 11.5 Å². The molecule has 0 saturated carbocycles. The van der Waals surface area contributed by atoms with E-state index < -0.39 is 23.6 Å². The van der Waals surface area contributed by atoms with Gasteiger partial charge in [-0.1, -0.05) is 6.92 Å². The molecule has 0 unspecified atom stereocenters. The van der Waals surface area contributed by atoms with Gasteiger partial charge in [-0.05, 0) is 12.7 Å². The summed E-state index contributed by atoms with van der Waals surface area (Å²) in [4.78, 5) is 25.3. The summed E-state index contributed by atoms with van der Waals surface area (Å²) < 4.78 is 6.97. The summed E-state index contributed by atoms with van der Waals surface area (Å²) in [5.41, 5.74) is -0.544. The first-order valence-electron chi connectivity index (χ1n) is 6.26. The highest BCUT2D eigenvalue weighted by atomic mass is 32.2. The highest BCUT2D eigenvalue weighted by molar-refractivity contribution is 7.99. The first-order chi connectivity index (χ1) is 9.02. The first-order valence-corrected chi connectivity index (χ1v) is 7.41. The normalized spacial score (nSPS) is 26.8. The van der Waals surface area contributed by atoms with E-state index in [1.165, 1.54) is 10.8 Å². The lowest BCUT2D eigenvalue weighted by Crippen LogP contribution is -2.36. The summed E-state index contributed by atoms with van der Waals surface area (Å²) in [5.74, 6) is 1.78. The van der Waals surface area contributed by atoms with Crippen LogP contribution in [0.15, 0.2) is 15.8 Å². The Labute approximate surface area is 114 Å². The number of aliphatic hydroxyl groups excluding tert-OH is 1. The van der Waals surface area contributed by atoms with Crippen LogP contribution >= 0.6 is 11.8 Å². The van der Waals surface area contributed by atoms with Gasteiger partial charge in [0.2, 0.25) is 0 Å². The molecule has 2 heterocycles. The van der Waals surface area contributed by atoms with Crippen molar-refractivity contribution in [3.8, 4) is 0 Å². The Bertz CT molecular complexity index is 553. The minimum atomic E-state index is -0.731. The second-order valence-electron chi connectivity index (χ2n) is 4.59. The molecule has 0 spiro atoms. The molecule has 2 rings (SSSR count). The van der Waals surface area contributed by atoms with Crippen LogP contribution in [-0.4, -0.2) is 38.4 Å². The molecule has 0 bridgehead atoms. The molecular formula is C12H18N2O4S. The third-order valence-electron chi connectivity index (χ3n) is 3.09. The molecule has 0 radical (unpaired) electrons. The van der Waals surface area contributed by atoms with E-state index >= 15 is 0 Å². The fraction of sp³-hybridized carbons (Fsp3) is 0.667. The van der Waals surface area contributed by atoms with Gasteiger partial charge >= 0.3 is 5.69 Å². The van der Waals surface area contributed by atoms with E-state index in [1.54, 1.807) is 18.7 Å². The zero-order valence-electron chi connectivity index (χ0n) is 11.0. The average molecular weight is 286 g/mol. The van der Waals surface area contributed by atoms with Crippen LogP contribution in [0, 0.1) is 6.92 Å². The summed E-state index contributed by atoms with van der Waals surface area (Å²) in [5, 5.41) is 10.0. The predicted molar refractivity (Wildman–Crippen MR) is 73.6 cm³/mol. The topological polar surface area (TPSA) is 84.3 Å². The first kappa shape index (κ1) is 14.4. The van der Waals surface area contributed by atoms with Gasteiger partial charge < -0.3 is 9.84 Å². The molecule has 6 nitrogen and oxygen atoms in total. The number of hydrogen-bond donors (Lipinski definition) is 2. The molecule has 2 N–H and O–H groups in total. The summed E-state index contributed by atoms with van der Waals surface area (Å²) in [6.45, 7) is 3.67. The Balaban J connectivity index is 2.21. The Morgan fingerprint density at radius 2 is 2.32 bits per heavy atom. The minimum absolute atomic E-state index is 0.0657. The standard InChI is InChI=1S/C12H18N2O4S/c1-3-19-6-8-4-9(15)11(18-8)14-5-7(2)10(16)13-12(14)17/h5,8-9,11,15H,3-4,6H2,1-2H3,(H,13,16,17)/t8-,9+,11+/m0/s1. The number of aryl methyl sites for hydroxylation is 1. The number of nitrogens with one attached hydrogen (secondary N) is 1. The molecule has 0 amide bonds. The number of hydrogen-bond acceptors (Lipinski definition) is 5. The minimum Gasteiger partial charge on any atom is -0.388 e. The average Bonchev–Trinajstić information content (AvgIpc) is 2.72. The second-order valence-corrected chi connectivity index (χ2v) is 5.91. The van der Waals surface area contributed by atoms with E-state index in [4.69, 9.17) is 4.74 Å². The van der Waals surface area contributed by atoms with Gasteiger partial charge in [0.15, 0.2) is 6.23 Å². The van der Waals surface area contributed by atoms with Gasteiger partial charge in [0.1, 0.15) is 6.10 Å². The number of ether oxygens (including phenoxy) is 1. The number of H-pyrrole nitrogens is 1. The molecule has 1 saturated heterocycles. The Morgan fingerprint density at radius 3 is 3.00 bits per heavy atom. The fourth-order valence-electron chi connectivity index (χ4n) is 2.11. The Kier molecular flexibility index (Phi) is 4.49. The number of aromatic amines is 1. The van der Waals surface area contributed by atoms with Crippen molar-refractivity contribution in [2.75, 3.05) is 11.5 Å². The molecule has 3 atom stereocenters. The maximum Gasteiger partial charge on any atom is 0.330 e. The maximum atomic E-state index is 11.8. The summed E-state index contributed by atoms with van der Waals surface area (Å²) in [6.07, 6.45) is 0.423. The van der Waals surface area contributed by atoms with E-state index in [2.05, 4.69) is 11.9 Å². The van der Waals surface area contributed by atoms with Gasteiger partial charge in [-0.25, -0.2) is 4.79 Å². The fourth-order valence-corrected chi connectivity index (χ4v) is 2.83. The van der Waals surface area contributed by atoms with Crippen LogP contribution in [-0.2, 0) is 4.74 Å². The highest BCUT2D eigenvalue weighted by Gasteiger charge is 2.35. The van der Waals surface area contributed by atoms with Crippen molar-refractivity contribution in [1.29, 1.82) is 0 Å². The van der Waals surface area contributed by atoms with Crippen molar-refractivity contribution < 1.29 is 9.84 Å². The lowest BCUT2D eigenvalue weighted by molar-refractivity contribution is -0.0337. The van der Waals surface area contributed by atoms with Gasteiger partial charge in [-0.3, -0.25) is 14.3 Å². The SMILES string of the molecule is CCSC[C@@H]1C[C@@H](O)[C@H](n2cc(C)c(=O)[nH]c2=O)O1. The molecule has 1 aliphatic rings. The monoisotopic (exact) mass is 286 g/mol. The van der Waals surface area contributed by atoms with Crippen LogP contribution in [0.4, 0.5) is 0 Å². The second kappa shape index (κ2) is 5.94. The largest absolute Gasteiger partial charge is 0.388 e. The third kappa shape index (κ3) is 3.10. The van der Waals surface area contributed by atoms with Crippen molar-refractivity contribution in [3.63, 3.8) is 0 Å². The van der Waals surface area contributed by atoms with Crippen molar-refractivity contribution in [2.45, 2.75) is 38.7 Å². The Hall–Kier alpha value is -1.05. The highest BCUT2D eigenvalue weighted by Crippen LogP contribution is 2.29. The van der Waals surface area contributed by atoms with E-state index in [1.807, 2.05) is 0 Å². The number of nitrogens with zero attached hydrogens (tertiary/aromatic N) is 1. The van der Waals surface area contributed by atoms with Crippen LogP contribution in [0.2, 0.25) is 0 Å². The summed E-state index contributed by atoms with van der Waals surface area (Å²) in [6, 6.07) is 0. The zero-order valence-corrected chi connectivity index (χ0v) is 11.8.